The average Bonchev–Trinajstić information content (AvgIpc) is 2.58. The van der Waals surface area contributed by atoms with Crippen molar-refractivity contribution in [1.29, 1.82) is 0 Å². The van der Waals surface area contributed by atoms with Crippen molar-refractivity contribution in [2.75, 3.05) is 0 Å². The molecule has 3 heteroatoms. The van der Waals surface area contributed by atoms with Gasteiger partial charge in [-0.1, -0.05) is 12.8 Å². The molecule has 0 radical (unpaired) electrons. The topological polar surface area (TPSA) is 38.3 Å². The van der Waals surface area contributed by atoms with Crippen molar-refractivity contribution in [3.63, 3.8) is 0 Å². The molecule has 0 amide bonds. The molecule has 1 saturated heterocycles. The highest BCUT2D eigenvalue weighted by atomic mass is 16.6. The Hall–Kier alpha value is -0.570. The van der Waals surface area contributed by atoms with Crippen LogP contribution in [0.25, 0.3) is 0 Å². The van der Waals surface area contributed by atoms with Gasteiger partial charge in [0.05, 0.1) is 0 Å². The summed E-state index contributed by atoms with van der Waals surface area (Å²) in [5, 5.41) is 3.44. The molecular weight excluding hydrogens is 202 g/mol. The molecule has 1 aliphatic heterocycles. The van der Waals surface area contributed by atoms with Gasteiger partial charge in [-0.25, -0.2) is 0 Å². The monoisotopic (exact) mass is 225 g/mol. The van der Waals surface area contributed by atoms with Gasteiger partial charge in [-0.3, -0.25) is 4.79 Å². The van der Waals surface area contributed by atoms with E-state index < -0.39 is 0 Å². The zero-order chi connectivity index (χ0) is 11.8. The van der Waals surface area contributed by atoms with E-state index in [2.05, 4.69) is 5.32 Å². The van der Waals surface area contributed by atoms with E-state index in [-0.39, 0.29) is 17.6 Å². The summed E-state index contributed by atoms with van der Waals surface area (Å²) in [4.78, 5) is 11.9. The van der Waals surface area contributed by atoms with Gasteiger partial charge in [0.25, 0.3) is 0 Å². The lowest BCUT2D eigenvalue weighted by Gasteiger charge is -2.24. The standard InChI is InChI=1S/C13H23NO2/c1-13(2,3)16-12(15)11-8-9-6-4-5-7-10(9)14-11/h9-11,14H,4-8H2,1-3H3/t9-,10-,11+/m1/s1. The third-order valence-corrected chi connectivity index (χ3v) is 3.55. The molecule has 2 fully saturated rings. The van der Waals surface area contributed by atoms with Crippen LogP contribution < -0.4 is 5.32 Å². The van der Waals surface area contributed by atoms with Crippen LogP contribution in [-0.2, 0) is 9.53 Å². The van der Waals surface area contributed by atoms with Crippen LogP contribution in [0.5, 0.6) is 0 Å². The van der Waals surface area contributed by atoms with Gasteiger partial charge in [-0.2, -0.15) is 0 Å². The summed E-state index contributed by atoms with van der Waals surface area (Å²) in [7, 11) is 0. The van der Waals surface area contributed by atoms with E-state index in [1.807, 2.05) is 20.8 Å². The third-order valence-electron chi connectivity index (χ3n) is 3.55. The van der Waals surface area contributed by atoms with Gasteiger partial charge in [-0.05, 0) is 46.0 Å². The molecule has 0 aromatic rings. The SMILES string of the molecule is CC(C)(C)OC(=O)[C@@H]1C[C@H]2CCCC[C@H]2N1. The van der Waals surface area contributed by atoms with E-state index >= 15 is 0 Å². The molecule has 1 aliphatic carbocycles. The highest BCUT2D eigenvalue weighted by Crippen LogP contribution is 2.33. The predicted molar refractivity (Wildman–Crippen MR) is 63.1 cm³/mol. The molecule has 3 nitrogen and oxygen atoms in total. The minimum absolute atomic E-state index is 0.0627. The maximum Gasteiger partial charge on any atom is 0.323 e. The Kier molecular flexibility index (Phi) is 3.24. The number of ether oxygens (including phenoxy) is 1. The van der Waals surface area contributed by atoms with Gasteiger partial charge in [0, 0.05) is 6.04 Å². The summed E-state index contributed by atoms with van der Waals surface area (Å²) in [5.74, 6) is 0.633. The molecule has 16 heavy (non-hydrogen) atoms. The van der Waals surface area contributed by atoms with E-state index in [4.69, 9.17) is 4.74 Å². The van der Waals surface area contributed by atoms with Gasteiger partial charge >= 0.3 is 5.97 Å². The number of rotatable bonds is 1. The highest BCUT2D eigenvalue weighted by molar-refractivity contribution is 5.76. The molecule has 0 unspecified atom stereocenters. The number of carbonyl (C=O) groups excluding carboxylic acids is 1. The van der Waals surface area contributed by atoms with Crippen molar-refractivity contribution in [3.05, 3.63) is 0 Å². The Morgan fingerprint density at radius 3 is 2.56 bits per heavy atom. The summed E-state index contributed by atoms with van der Waals surface area (Å²) in [6.45, 7) is 5.77. The summed E-state index contributed by atoms with van der Waals surface area (Å²) >= 11 is 0. The zero-order valence-electron chi connectivity index (χ0n) is 10.6. The van der Waals surface area contributed by atoms with Crippen molar-refractivity contribution in [1.82, 2.24) is 5.32 Å². The molecule has 1 heterocycles. The molecule has 92 valence electrons. The predicted octanol–water partition coefficient (Wildman–Crippen LogP) is 2.25. The molecule has 3 atom stereocenters. The molecule has 1 N–H and O–H groups in total. The van der Waals surface area contributed by atoms with E-state index in [0.717, 1.165) is 6.42 Å². The van der Waals surface area contributed by atoms with E-state index in [9.17, 15) is 4.79 Å². The fraction of sp³-hybridized carbons (Fsp3) is 0.923. The van der Waals surface area contributed by atoms with Crippen LogP contribution in [0.2, 0.25) is 0 Å². The van der Waals surface area contributed by atoms with Crippen LogP contribution in [0, 0.1) is 5.92 Å². The second kappa shape index (κ2) is 4.36. The van der Waals surface area contributed by atoms with Crippen LogP contribution in [0.4, 0.5) is 0 Å². The van der Waals surface area contributed by atoms with Crippen LogP contribution in [0.1, 0.15) is 52.9 Å². The molecule has 0 aromatic heterocycles. The lowest BCUT2D eigenvalue weighted by molar-refractivity contribution is -0.157. The Balaban J connectivity index is 1.90. The number of esters is 1. The smallest absolute Gasteiger partial charge is 0.323 e. The highest BCUT2D eigenvalue weighted by Gasteiger charge is 2.39. The molecule has 0 spiro atoms. The Labute approximate surface area is 97.9 Å². The van der Waals surface area contributed by atoms with Gasteiger partial charge in [-0.15, -0.1) is 0 Å². The lowest BCUT2D eigenvalue weighted by atomic mass is 9.85. The molecule has 2 aliphatic rings. The lowest BCUT2D eigenvalue weighted by Crippen LogP contribution is -2.40. The minimum atomic E-state index is -0.369. The fourth-order valence-electron chi connectivity index (χ4n) is 2.88. The van der Waals surface area contributed by atoms with E-state index in [1.165, 1.54) is 25.7 Å². The van der Waals surface area contributed by atoms with Crippen molar-refractivity contribution in [3.8, 4) is 0 Å². The van der Waals surface area contributed by atoms with Crippen LogP contribution >= 0.6 is 0 Å². The first kappa shape index (κ1) is 11.9. The number of fused-ring (bicyclic) bond motifs is 1. The maximum atomic E-state index is 11.9. The third kappa shape index (κ3) is 2.76. The molecule has 2 rings (SSSR count). The van der Waals surface area contributed by atoms with Gasteiger partial charge in [0.2, 0.25) is 0 Å². The van der Waals surface area contributed by atoms with Crippen molar-refractivity contribution in [2.45, 2.75) is 70.6 Å². The van der Waals surface area contributed by atoms with Crippen molar-refractivity contribution in [2.24, 2.45) is 5.92 Å². The summed E-state index contributed by atoms with van der Waals surface area (Å²) in [6, 6.07) is 0.499. The molecule has 1 saturated carbocycles. The Morgan fingerprint density at radius 1 is 1.25 bits per heavy atom. The van der Waals surface area contributed by atoms with Crippen molar-refractivity contribution < 1.29 is 9.53 Å². The summed E-state index contributed by atoms with van der Waals surface area (Å²) < 4.78 is 5.43. The second-order valence-corrected chi connectivity index (χ2v) is 6.14. The summed E-state index contributed by atoms with van der Waals surface area (Å²) in [5.41, 5.74) is -0.369. The molecule has 0 aromatic carbocycles. The number of carbonyl (C=O) groups is 1. The summed E-state index contributed by atoms with van der Waals surface area (Å²) in [6.07, 6.45) is 6.10. The van der Waals surface area contributed by atoms with E-state index in [1.54, 1.807) is 0 Å². The van der Waals surface area contributed by atoms with Crippen LogP contribution in [0.15, 0.2) is 0 Å². The van der Waals surface area contributed by atoms with E-state index in [0.29, 0.717) is 12.0 Å². The first-order valence-electron chi connectivity index (χ1n) is 6.44. The van der Waals surface area contributed by atoms with Crippen molar-refractivity contribution >= 4 is 5.97 Å². The number of hydrogen-bond donors (Lipinski definition) is 1. The minimum Gasteiger partial charge on any atom is -0.459 e. The first-order valence-corrected chi connectivity index (χ1v) is 6.44. The van der Waals surface area contributed by atoms with Gasteiger partial charge in [0.1, 0.15) is 11.6 Å². The maximum absolute atomic E-state index is 11.9. The Morgan fingerprint density at radius 2 is 1.94 bits per heavy atom. The van der Waals surface area contributed by atoms with Gasteiger partial charge in [0.15, 0.2) is 0 Å². The molecular formula is C13H23NO2. The fourth-order valence-corrected chi connectivity index (χ4v) is 2.88. The normalized spacial score (nSPS) is 34.6. The first-order chi connectivity index (χ1) is 7.46. The van der Waals surface area contributed by atoms with Crippen LogP contribution in [-0.4, -0.2) is 23.7 Å². The van der Waals surface area contributed by atoms with Gasteiger partial charge < -0.3 is 10.1 Å². The average molecular weight is 225 g/mol. The quantitative estimate of drug-likeness (QED) is 0.696. The van der Waals surface area contributed by atoms with Crippen LogP contribution in [0.3, 0.4) is 0 Å². The second-order valence-electron chi connectivity index (χ2n) is 6.14. The largest absolute Gasteiger partial charge is 0.459 e. The zero-order valence-corrected chi connectivity index (χ0v) is 10.6. The number of nitrogens with one attached hydrogen (secondary N) is 1. The Bertz CT molecular complexity index is 256. The number of hydrogen-bond acceptors (Lipinski definition) is 3. The molecule has 0 bridgehead atoms.